The molecule has 0 aliphatic rings. The molecule has 0 aliphatic carbocycles. The molecule has 0 aliphatic heterocycles. The highest BCUT2D eigenvalue weighted by molar-refractivity contribution is 5.71. The molecule has 0 aromatic heterocycles. The van der Waals surface area contributed by atoms with E-state index in [2.05, 4.69) is 106 Å². The summed E-state index contributed by atoms with van der Waals surface area (Å²) in [6.07, 6.45) is 70.7. The minimum atomic E-state index is -0.816. The van der Waals surface area contributed by atoms with Crippen molar-refractivity contribution in [1.82, 2.24) is 0 Å². The van der Waals surface area contributed by atoms with Crippen molar-refractivity contribution in [2.45, 2.75) is 232 Å². The van der Waals surface area contributed by atoms with Crippen LogP contribution >= 0.6 is 0 Å². The summed E-state index contributed by atoms with van der Waals surface area (Å²) in [6, 6.07) is 0. The first-order valence-electron chi connectivity index (χ1n) is 26.4. The second kappa shape index (κ2) is 52.7. The second-order valence-electron chi connectivity index (χ2n) is 17.1. The summed E-state index contributed by atoms with van der Waals surface area (Å²) in [4.78, 5) is 38.0. The molecule has 0 aromatic rings. The number of rotatable bonds is 46. The molecule has 0 saturated carbocycles. The van der Waals surface area contributed by atoms with E-state index >= 15 is 0 Å². The maximum absolute atomic E-state index is 12.8. The summed E-state index contributed by atoms with van der Waals surface area (Å²) in [7, 11) is 0. The number of allylic oxidation sites excluding steroid dienone is 18. The van der Waals surface area contributed by atoms with Gasteiger partial charge in [-0.3, -0.25) is 14.4 Å². The van der Waals surface area contributed by atoms with Gasteiger partial charge in [0.1, 0.15) is 13.2 Å². The summed E-state index contributed by atoms with van der Waals surface area (Å²) in [5.74, 6) is -1.000. The lowest BCUT2D eigenvalue weighted by atomic mass is 10.1. The maximum Gasteiger partial charge on any atom is 0.306 e. The van der Waals surface area contributed by atoms with Crippen molar-refractivity contribution in [3.63, 3.8) is 0 Å². The van der Waals surface area contributed by atoms with Crippen LogP contribution in [-0.4, -0.2) is 37.2 Å². The molecule has 6 nitrogen and oxygen atoms in total. The van der Waals surface area contributed by atoms with Crippen molar-refractivity contribution in [2.75, 3.05) is 13.2 Å². The smallest absolute Gasteiger partial charge is 0.306 e. The van der Waals surface area contributed by atoms with E-state index in [0.717, 1.165) is 89.9 Å². The fourth-order valence-electron chi connectivity index (χ4n) is 6.85. The Hall–Kier alpha value is -3.93. The molecule has 0 heterocycles. The van der Waals surface area contributed by atoms with Gasteiger partial charge in [-0.25, -0.2) is 0 Å². The molecule has 0 saturated heterocycles. The highest BCUT2D eigenvalue weighted by Crippen LogP contribution is 2.13. The Morgan fingerprint density at radius 3 is 1.18 bits per heavy atom. The van der Waals surface area contributed by atoms with Crippen molar-refractivity contribution in [2.24, 2.45) is 0 Å². The summed E-state index contributed by atoms with van der Waals surface area (Å²) in [5.41, 5.74) is 0. The van der Waals surface area contributed by atoms with Crippen LogP contribution in [0.3, 0.4) is 0 Å². The Labute approximate surface area is 400 Å². The summed E-state index contributed by atoms with van der Waals surface area (Å²) in [5, 5.41) is 0. The van der Waals surface area contributed by atoms with E-state index in [4.69, 9.17) is 14.2 Å². The van der Waals surface area contributed by atoms with E-state index in [-0.39, 0.29) is 44.0 Å². The van der Waals surface area contributed by atoms with E-state index < -0.39 is 6.10 Å². The topological polar surface area (TPSA) is 78.9 Å². The Bertz CT molecular complexity index is 1360. The van der Waals surface area contributed by atoms with Gasteiger partial charge >= 0.3 is 17.9 Å². The average Bonchev–Trinajstić information content (AvgIpc) is 3.30. The molecule has 368 valence electrons. The lowest BCUT2D eigenvalue weighted by Gasteiger charge is -2.18. The highest BCUT2D eigenvalue weighted by Gasteiger charge is 2.19. The van der Waals surface area contributed by atoms with Gasteiger partial charge in [-0.15, -0.1) is 0 Å². The maximum atomic E-state index is 12.8. The fraction of sp³-hybridized carbons (Fsp3) is 0.644. The highest BCUT2D eigenvalue weighted by atomic mass is 16.6. The van der Waals surface area contributed by atoms with Gasteiger partial charge in [0.05, 0.1) is 0 Å². The van der Waals surface area contributed by atoms with Crippen LogP contribution in [0.5, 0.6) is 0 Å². The molecule has 0 N–H and O–H groups in total. The van der Waals surface area contributed by atoms with Gasteiger partial charge in [-0.05, 0) is 103 Å². The van der Waals surface area contributed by atoms with Crippen LogP contribution in [0.2, 0.25) is 0 Å². The number of hydrogen-bond donors (Lipinski definition) is 0. The lowest BCUT2D eigenvalue weighted by Crippen LogP contribution is -2.30. The summed E-state index contributed by atoms with van der Waals surface area (Å²) < 4.78 is 16.7. The summed E-state index contributed by atoms with van der Waals surface area (Å²) in [6.45, 7) is 6.38. The molecule has 0 bridgehead atoms. The van der Waals surface area contributed by atoms with E-state index in [1.54, 1.807) is 0 Å². The van der Waals surface area contributed by atoms with Crippen LogP contribution < -0.4 is 0 Å². The number of unbranched alkanes of at least 4 members (excludes halogenated alkanes) is 20. The molecular weight excluding hydrogens is 805 g/mol. The third-order valence-electron chi connectivity index (χ3n) is 10.8. The Balaban J connectivity index is 4.54. The number of carbonyl (C=O) groups excluding carboxylic acids is 3. The zero-order valence-corrected chi connectivity index (χ0v) is 42.0. The van der Waals surface area contributed by atoms with E-state index in [0.29, 0.717) is 12.8 Å². The SMILES string of the molecule is CC\C=C/C=C\C=C/C=C\CCCCCCCC(=O)OC(COC(=O)CCC/C=C\C/C=C\C/C=C\C/C=C\CCCCC)COC(=O)CCCCCCCCC/C=C\CCCCCC. The van der Waals surface area contributed by atoms with Crippen LogP contribution in [0.4, 0.5) is 0 Å². The quantitative estimate of drug-likeness (QED) is 0.0199. The molecule has 1 unspecified atom stereocenters. The Morgan fingerprint density at radius 2 is 0.677 bits per heavy atom. The number of ether oxygens (including phenoxy) is 3. The van der Waals surface area contributed by atoms with Crippen molar-refractivity contribution in [3.8, 4) is 0 Å². The molecule has 6 heteroatoms. The largest absolute Gasteiger partial charge is 0.462 e. The van der Waals surface area contributed by atoms with E-state index in [1.165, 1.54) is 89.9 Å². The number of esters is 3. The molecule has 0 rings (SSSR count). The zero-order valence-electron chi connectivity index (χ0n) is 42.0. The normalized spacial score (nSPS) is 13.0. The molecule has 0 amide bonds. The lowest BCUT2D eigenvalue weighted by molar-refractivity contribution is -0.167. The molecule has 1 atom stereocenters. The number of hydrogen-bond acceptors (Lipinski definition) is 6. The van der Waals surface area contributed by atoms with Gasteiger partial charge < -0.3 is 14.2 Å². The fourth-order valence-corrected chi connectivity index (χ4v) is 6.85. The van der Waals surface area contributed by atoms with Crippen LogP contribution in [0.1, 0.15) is 226 Å². The van der Waals surface area contributed by atoms with Crippen molar-refractivity contribution in [3.05, 3.63) is 109 Å². The predicted octanol–water partition coefficient (Wildman–Crippen LogP) is 17.5. The zero-order chi connectivity index (χ0) is 47.2. The van der Waals surface area contributed by atoms with Gasteiger partial charge in [0.2, 0.25) is 0 Å². The van der Waals surface area contributed by atoms with E-state index in [1.807, 2.05) is 24.3 Å². The summed E-state index contributed by atoms with van der Waals surface area (Å²) >= 11 is 0. The molecular formula is C59H96O6. The molecule has 65 heavy (non-hydrogen) atoms. The van der Waals surface area contributed by atoms with Crippen LogP contribution in [0, 0.1) is 0 Å². The van der Waals surface area contributed by atoms with Crippen molar-refractivity contribution in [1.29, 1.82) is 0 Å². The first-order valence-corrected chi connectivity index (χ1v) is 26.4. The standard InChI is InChI=1S/C59H96O6/c1-4-7-10-13-16-19-22-25-28-29-32-34-37-40-43-46-49-52-58(61)64-55-56(65-59(62)53-50-47-44-41-38-35-31-27-24-21-18-15-12-9-6-3)54-63-57(60)51-48-45-42-39-36-33-30-26-23-20-17-14-11-8-5-2/h9,12,15-16,18-21,23-25,27-28,31-32,34,40,43,56H,4-8,10-11,13-14,17,22,26,29-30,33,35-39,41-42,44-55H2,1-3H3/b12-9-,18-15-,19-16-,23-20-,24-21-,28-25-,31-27-,34-32-,43-40-. The van der Waals surface area contributed by atoms with Crippen molar-refractivity contribution < 1.29 is 28.6 Å². The second-order valence-corrected chi connectivity index (χ2v) is 17.1. The average molecular weight is 901 g/mol. The van der Waals surface area contributed by atoms with Crippen LogP contribution in [0.15, 0.2) is 109 Å². The van der Waals surface area contributed by atoms with Crippen molar-refractivity contribution >= 4 is 17.9 Å². The van der Waals surface area contributed by atoms with Gasteiger partial charge in [0, 0.05) is 19.3 Å². The third-order valence-corrected chi connectivity index (χ3v) is 10.8. The minimum Gasteiger partial charge on any atom is -0.462 e. The molecule has 0 radical (unpaired) electrons. The van der Waals surface area contributed by atoms with Crippen LogP contribution in [-0.2, 0) is 28.6 Å². The third kappa shape index (κ3) is 50.9. The molecule has 0 aromatic carbocycles. The Kier molecular flexibility index (Phi) is 49.5. The molecule has 0 fully saturated rings. The van der Waals surface area contributed by atoms with Gasteiger partial charge in [0.25, 0.3) is 0 Å². The van der Waals surface area contributed by atoms with Gasteiger partial charge in [-0.1, -0.05) is 214 Å². The van der Waals surface area contributed by atoms with Gasteiger partial charge in [0.15, 0.2) is 6.10 Å². The first-order chi connectivity index (χ1) is 32.0. The predicted molar refractivity (Wildman–Crippen MR) is 279 cm³/mol. The minimum absolute atomic E-state index is 0.109. The Morgan fingerprint density at radius 1 is 0.338 bits per heavy atom. The van der Waals surface area contributed by atoms with Gasteiger partial charge in [-0.2, -0.15) is 0 Å². The first kappa shape index (κ1) is 61.1. The van der Waals surface area contributed by atoms with E-state index in [9.17, 15) is 14.4 Å². The van der Waals surface area contributed by atoms with Crippen LogP contribution in [0.25, 0.3) is 0 Å². The number of carbonyl (C=O) groups is 3. The monoisotopic (exact) mass is 901 g/mol. The molecule has 0 spiro atoms.